The maximum absolute atomic E-state index is 11.4. The molecule has 1 aliphatic carbocycles. The topological polar surface area (TPSA) is 37.3 Å². The number of hydrogen-bond donors (Lipinski definition) is 1. The predicted octanol–water partition coefficient (Wildman–Crippen LogP) is 5.55. The van der Waals surface area contributed by atoms with Gasteiger partial charge in [0.25, 0.3) is 0 Å². The molecular formula is C23H26O2. The van der Waals surface area contributed by atoms with Gasteiger partial charge in [-0.25, -0.2) is 4.79 Å². The van der Waals surface area contributed by atoms with E-state index in [2.05, 4.69) is 45.9 Å². The zero-order valence-electron chi connectivity index (χ0n) is 15.5. The SMILES string of the molecule is CC1(C)CCC(C)(C)c2cc(C(=CC(=O)O)c3ccccc3)ccc21. The molecule has 0 aliphatic heterocycles. The first kappa shape index (κ1) is 17.5. The van der Waals surface area contributed by atoms with Crippen LogP contribution in [0.4, 0.5) is 0 Å². The third kappa shape index (κ3) is 3.39. The summed E-state index contributed by atoms with van der Waals surface area (Å²) in [7, 11) is 0. The van der Waals surface area contributed by atoms with Crippen LogP contribution in [0.15, 0.2) is 54.6 Å². The molecule has 0 radical (unpaired) electrons. The second-order valence-electron chi connectivity index (χ2n) is 8.29. The summed E-state index contributed by atoms with van der Waals surface area (Å²) in [6, 6.07) is 16.2. The maximum atomic E-state index is 11.4. The van der Waals surface area contributed by atoms with Gasteiger partial charge in [-0.2, -0.15) is 0 Å². The molecule has 1 aliphatic rings. The molecule has 0 spiro atoms. The number of aliphatic carboxylic acids is 1. The first-order valence-corrected chi connectivity index (χ1v) is 8.86. The van der Waals surface area contributed by atoms with E-state index in [4.69, 9.17) is 0 Å². The van der Waals surface area contributed by atoms with Crippen LogP contribution in [0, 0.1) is 0 Å². The Kier molecular flexibility index (Phi) is 4.32. The highest BCUT2D eigenvalue weighted by atomic mass is 16.4. The van der Waals surface area contributed by atoms with E-state index in [9.17, 15) is 9.90 Å². The van der Waals surface area contributed by atoms with Crippen molar-refractivity contribution in [2.75, 3.05) is 0 Å². The lowest BCUT2D eigenvalue weighted by atomic mass is 9.63. The van der Waals surface area contributed by atoms with Gasteiger partial charge in [-0.1, -0.05) is 76.2 Å². The summed E-state index contributed by atoms with van der Waals surface area (Å²) in [6.07, 6.45) is 3.63. The van der Waals surface area contributed by atoms with Crippen LogP contribution in [0.5, 0.6) is 0 Å². The van der Waals surface area contributed by atoms with E-state index < -0.39 is 5.97 Å². The summed E-state index contributed by atoms with van der Waals surface area (Å²) < 4.78 is 0. The Labute approximate surface area is 150 Å². The third-order valence-corrected chi connectivity index (χ3v) is 5.52. The number of carboxylic acid groups (broad SMARTS) is 1. The van der Waals surface area contributed by atoms with E-state index in [0.717, 1.165) is 23.1 Å². The highest BCUT2D eigenvalue weighted by Crippen LogP contribution is 2.46. The van der Waals surface area contributed by atoms with Gasteiger partial charge in [0.2, 0.25) is 0 Å². The Morgan fingerprint density at radius 3 is 2.08 bits per heavy atom. The molecule has 3 rings (SSSR count). The molecule has 130 valence electrons. The van der Waals surface area contributed by atoms with Crippen molar-refractivity contribution >= 4 is 11.5 Å². The van der Waals surface area contributed by atoms with Gasteiger partial charge in [0.05, 0.1) is 0 Å². The van der Waals surface area contributed by atoms with Crippen LogP contribution in [0.1, 0.15) is 62.8 Å². The van der Waals surface area contributed by atoms with Crippen LogP contribution < -0.4 is 0 Å². The second-order valence-corrected chi connectivity index (χ2v) is 8.29. The summed E-state index contributed by atoms with van der Waals surface area (Å²) in [5, 5.41) is 9.35. The smallest absolute Gasteiger partial charge is 0.328 e. The summed E-state index contributed by atoms with van der Waals surface area (Å²) in [5.41, 5.74) is 5.65. The van der Waals surface area contributed by atoms with Crippen LogP contribution in [0.3, 0.4) is 0 Å². The Hall–Kier alpha value is -2.35. The molecule has 0 saturated heterocycles. The van der Waals surface area contributed by atoms with Gasteiger partial charge in [-0.3, -0.25) is 0 Å². The molecule has 1 N–H and O–H groups in total. The van der Waals surface area contributed by atoms with E-state index in [1.165, 1.54) is 23.6 Å². The molecule has 2 aromatic rings. The molecule has 0 atom stereocenters. The second kappa shape index (κ2) is 6.18. The highest BCUT2D eigenvalue weighted by Gasteiger charge is 2.37. The van der Waals surface area contributed by atoms with Gasteiger partial charge in [0, 0.05) is 6.08 Å². The molecule has 0 unspecified atom stereocenters. The average molecular weight is 334 g/mol. The monoisotopic (exact) mass is 334 g/mol. The first-order chi connectivity index (χ1) is 11.7. The lowest BCUT2D eigenvalue weighted by molar-refractivity contribution is -0.131. The zero-order chi connectivity index (χ0) is 18.2. The van der Waals surface area contributed by atoms with Gasteiger partial charge >= 0.3 is 5.97 Å². The molecule has 0 bridgehead atoms. The molecule has 2 nitrogen and oxygen atoms in total. The summed E-state index contributed by atoms with van der Waals surface area (Å²) in [5.74, 6) is -0.920. The van der Waals surface area contributed by atoms with Crippen molar-refractivity contribution in [3.05, 3.63) is 76.9 Å². The number of benzene rings is 2. The molecule has 0 saturated carbocycles. The minimum Gasteiger partial charge on any atom is -0.478 e. The Morgan fingerprint density at radius 2 is 1.48 bits per heavy atom. The standard InChI is InChI=1S/C23H26O2/c1-22(2)12-13-23(3,4)20-14-17(10-11-19(20)22)18(15-21(24)25)16-8-6-5-7-9-16/h5-11,14-15H,12-13H2,1-4H3,(H,24,25). The van der Waals surface area contributed by atoms with E-state index in [0.29, 0.717) is 0 Å². The normalized spacial score (nSPS) is 18.5. The fourth-order valence-electron chi connectivity index (χ4n) is 3.83. The van der Waals surface area contributed by atoms with Gasteiger partial charge < -0.3 is 5.11 Å². The number of rotatable bonds is 3. The van der Waals surface area contributed by atoms with Crippen molar-refractivity contribution in [3.63, 3.8) is 0 Å². The Balaban J connectivity index is 2.19. The van der Waals surface area contributed by atoms with Crippen LogP contribution in [0.25, 0.3) is 5.57 Å². The minimum atomic E-state index is -0.920. The Morgan fingerprint density at radius 1 is 0.880 bits per heavy atom. The van der Waals surface area contributed by atoms with Crippen molar-refractivity contribution in [2.45, 2.75) is 51.4 Å². The molecule has 2 aromatic carbocycles. The van der Waals surface area contributed by atoms with E-state index in [1.54, 1.807) is 0 Å². The highest BCUT2D eigenvalue weighted by molar-refractivity contribution is 5.95. The van der Waals surface area contributed by atoms with Crippen molar-refractivity contribution in [1.82, 2.24) is 0 Å². The molecule has 25 heavy (non-hydrogen) atoms. The minimum absolute atomic E-state index is 0.103. The molecule has 0 heterocycles. The van der Waals surface area contributed by atoms with Crippen molar-refractivity contribution in [1.29, 1.82) is 0 Å². The lowest BCUT2D eigenvalue weighted by Crippen LogP contribution is -2.33. The number of carboxylic acids is 1. The van der Waals surface area contributed by atoms with Gasteiger partial charge in [0.15, 0.2) is 0 Å². The van der Waals surface area contributed by atoms with Crippen molar-refractivity contribution < 1.29 is 9.90 Å². The summed E-state index contributed by atoms with van der Waals surface area (Å²) in [6.45, 7) is 9.17. The van der Waals surface area contributed by atoms with E-state index >= 15 is 0 Å². The molecular weight excluding hydrogens is 308 g/mol. The third-order valence-electron chi connectivity index (χ3n) is 5.52. The maximum Gasteiger partial charge on any atom is 0.328 e. The number of hydrogen-bond acceptors (Lipinski definition) is 1. The quantitative estimate of drug-likeness (QED) is 0.747. The Bertz CT molecular complexity index is 826. The van der Waals surface area contributed by atoms with Crippen LogP contribution in [-0.2, 0) is 15.6 Å². The zero-order valence-corrected chi connectivity index (χ0v) is 15.5. The molecule has 2 heteroatoms. The number of carbonyl (C=O) groups is 1. The molecule has 0 aromatic heterocycles. The van der Waals surface area contributed by atoms with Gasteiger partial charge in [-0.15, -0.1) is 0 Å². The van der Waals surface area contributed by atoms with E-state index in [1.807, 2.05) is 30.3 Å². The van der Waals surface area contributed by atoms with Gasteiger partial charge in [-0.05, 0) is 51.5 Å². The van der Waals surface area contributed by atoms with Crippen molar-refractivity contribution in [3.8, 4) is 0 Å². The van der Waals surface area contributed by atoms with Crippen molar-refractivity contribution in [2.24, 2.45) is 0 Å². The lowest BCUT2D eigenvalue weighted by Gasteiger charge is -2.42. The van der Waals surface area contributed by atoms with Gasteiger partial charge in [0.1, 0.15) is 0 Å². The molecule has 0 amide bonds. The summed E-state index contributed by atoms with van der Waals surface area (Å²) in [4.78, 5) is 11.4. The fraction of sp³-hybridized carbons (Fsp3) is 0.348. The predicted molar refractivity (Wildman–Crippen MR) is 103 cm³/mol. The largest absolute Gasteiger partial charge is 0.478 e. The number of fused-ring (bicyclic) bond motifs is 1. The first-order valence-electron chi connectivity index (χ1n) is 8.86. The summed E-state index contributed by atoms with van der Waals surface area (Å²) >= 11 is 0. The van der Waals surface area contributed by atoms with Crippen LogP contribution in [-0.4, -0.2) is 11.1 Å². The van der Waals surface area contributed by atoms with Crippen LogP contribution >= 0.6 is 0 Å². The fourth-order valence-corrected chi connectivity index (χ4v) is 3.83. The molecule has 0 fully saturated rings. The van der Waals surface area contributed by atoms with E-state index in [-0.39, 0.29) is 10.8 Å². The van der Waals surface area contributed by atoms with Crippen LogP contribution in [0.2, 0.25) is 0 Å². The average Bonchev–Trinajstić information content (AvgIpc) is 2.57.